The smallest absolute Gasteiger partial charge is 0.344 e. The SMILES string of the molecule is C#C[C@]1(O)CC[C@H]2[C@@H]3CC[C@H]4C/C(=N/OCC(=O)O)CC[C@]4(C)[C@H]3CC[C@@]21C. The molecule has 5 heteroatoms. The van der Waals surface area contributed by atoms with Crippen molar-refractivity contribution in [2.75, 3.05) is 6.61 Å². The molecule has 0 aromatic rings. The van der Waals surface area contributed by atoms with E-state index in [2.05, 4.69) is 24.9 Å². The van der Waals surface area contributed by atoms with E-state index in [9.17, 15) is 9.90 Å². The van der Waals surface area contributed by atoms with Crippen molar-refractivity contribution in [2.45, 2.75) is 77.2 Å². The molecule has 5 nitrogen and oxygen atoms in total. The first-order valence-electron chi connectivity index (χ1n) is 10.8. The van der Waals surface area contributed by atoms with E-state index in [-0.39, 0.29) is 12.0 Å². The molecule has 4 rings (SSSR count). The molecule has 154 valence electrons. The molecule has 0 heterocycles. The Hall–Kier alpha value is -1.54. The van der Waals surface area contributed by atoms with Crippen molar-refractivity contribution in [3.8, 4) is 12.3 Å². The van der Waals surface area contributed by atoms with Gasteiger partial charge in [0.15, 0.2) is 0 Å². The lowest BCUT2D eigenvalue weighted by atomic mass is 9.44. The first-order valence-corrected chi connectivity index (χ1v) is 10.8. The Balaban J connectivity index is 1.51. The number of aliphatic hydroxyl groups is 1. The summed E-state index contributed by atoms with van der Waals surface area (Å²) < 4.78 is 0. The Morgan fingerprint density at radius 2 is 1.96 bits per heavy atom. The van der Waals surface area contributed by atoms with Gasteiger partial charge in [0, 0.05) is 5.41 Å². The monoisotopic (exact) mass is 387 g/mol. The first-order chi connectivity index (χ1) is 13.2. The number of terminal acetylenes is 1. The van der Waals surface area contributed by atoms with Crippen molar-refractivity contribution in [3.63, 3.8) is 0 Å². The van der Waals surface area contributed by atoms with Gasteiger partial charge in [0.25, 0.3) is 0 Å². The Kier molecular flexibility index (Phi) is 4.77. The minimum Gasteiger partial charge on any atom is -0.479 e. The zero-order chi connectivity index (χ0) is 20.2. The first kappa shape index (κ1) is 19.8. The molecule has 0 amide bonds. The standard InChI is InChI=1S/C23H33NO4/c1-4-23(27)12-9-19-17-6-5-15-13-16(24-28-14-20(25)26)7-10-21(15,2)18(17)8-11-22(19,23)3/h1,15,17-19,27H,5-14H2,2-3H3,(H,25,26)/b24-16+/t15-,17+,18-,19-,21-,22-,23-/m0/s1. The van der Waals surface area contributed by atoms with Crippen LogP contribution in [0.5, 0.6) is 0 Å². The van der Waals surface area contributed by atoms with Crippen LogP contribution in [-0.4, -0.2) is 34.1 Å². The summed E-state index contributed by atoms with van der Waals surface area (Å²) in [4.78, 5) is 15.6. The summed E-state index contributed by atoms with van der Waals surface area (Å²) in [6, 6.07) is 0. The molecule has 0 unspecified atom stereocenters. The van der Waals surface area contributed by atoms with Gasteiger partial charge in [-0.2, -0.15) is 0 Å². The van der Waals surface area contributed by atoms with Crippen molar-refractivity contribution in [1.82, 2.24) is 0 Å². The van der Waals surface area contributed by atoms with Crippen molar-refractivity contribution < 1.29 is 19.8 Å². The molecular formula is C23H33NO4. The van der Waals surface area contributed by atoms with E-state index in [4.69, 9.17) is 16.4 Å². The molecule has 4 saturated carbocycles. The number of oxime groups is 1. The van der Waals surface area contributed by atoms with Gasteiger partial charge in [-0.05, 0) is 86.9 Å². The van der Waals surface area contributed by atoms with Crippen LogP contribution in [0, 0.1) is 46.8 Å². The molecule has 7 atom stereocenters. The average molecular weight is 388 g/mol. The van der Waals surface area contributed by atoms with Gasteiger partial charge in [0.2, 0.25) is 6.61 Å². The lowest BCUT2D eigenvalue weighted by Gasteiger charge is -2.60. The van der Waals surface area contributed by atoms with Gasteiger partial charge in [0.05, 0.1) is 5.71 Å². The van der Waals surface area contributed by atoms with E-state index >= 15 is 0 Å². The summed E-state index contributed by atoms with van der Waals surface area (Å²) in [5, 5.41) is 23.9. The molecule has 0 saturated heterocycles. The van der Waals surface area contributed by atoms with Crippen LogP contribution in [0.25, 0.3) is 0 Å². The molecular weight excluding hydrogens is 354 g/mol. The molecule has 28 heavy (non-hydrogen) atoms. The fourth-order valence-corrected chi connectivity index (χ4v) is 7.57. The Bertz CT molecular complexity index is 727. The Morgan fingerprint density at radius 3 is 2.68 bits per heavy atom. The van der Waals surface area contributed by atoms with E-state index in [0.29, 0.717) is 29.1 Å². The van der Waals surface area contributed by atoms with Crippen molar-refractivity contribution in [1.29, 1.82) is 0 Å². The Morgan fingerprint density at radius 1 is 1.21 bits per heavy atom. The second-order valence-electron chi connectivity index (χ2n) is 10.2. The number of hydrogen-bond donors (Lipinski definition) is 2. The summed E-state index contributed by atoms with van der Waals surface area (Å²) in [7, 11) is 0. The van der Waals surface area contributed by atoms with Crippen LogP contribution >= 0.6 is 0 Å². The lowest BCUT2D eigenvalue weighted by molar-refractivity contribution is -0.142. The van der Waals surface area contributed by atoms with E-state index in [1.807, 2.05) is 0 Å². The largest absolute Gasteiger partial charge is 0.479 e. The summed E-state index contributed by atoms with van der Waals surface area (Å²) in [5.41, 5.74) is 0.240. The van der Waals surface area contributed by atoms with Gasteiger partial charge in [-0.1, -0.05) is 24.9 Å². The fraction of sp³-hybridized carbons (Fsp3) is 0.826. The number of hydrogen-bond acceptors (Lipinski definition) is 4. The molecule has 0 aromatic carbocycles. The normalized spacial score (nSPS) is 48.9. The van der Waals surface area contributed by atoms with Gasteiger partial charge in [0.1, 0.15) is 5.60 Å². The highest BCUT2D eigenvalue weighted by atomic mass is 16.6. The average Bonchev–Trinajstić information content (AvgIpc) is 2.93. The zero-order valence-electron chi connectivity index (χ0n) is 17.1. The van der Waals surface area contributed by atoms with Crippen molar-refractivity contribution in [2.24, 2.45) is 39.7 Å². The molecule has 0 aliphatic heterocycles. The maximum atomic E-state index is 11.1. The summed E-state index contributed by atoms with van der Waals surface area (Å²) in [6.45, 7) is 4.34. The van der Waals surface area contributed by atoms with Crippen LogP contribution in [0.15, 0.2) is 5.16 Å². The number of carbonyl (C=O) groups is 1. The quantitative estimate of drug-likeness (QED) is 0.569. The van der Waals surface area contributed by atoms with E-state index < -0.39 is 11.6 Å². The Labute approximate surface area is 167 Å². The second-order valence-corrected chi connectivity index (χ2v) is 10.2. The summed E-state index contributed by atoms with van der Waals surface area (Å²) in [5.74, 6) is 4.23. The molecule has 4 aliphatic rings. The molecule has 0 bridgehead atoms. The molecule has 0 radical (unpaired) electrons. The highest BCUT2D eigenvalue weighted by Crippen LogP contribution is 2.67. The minimum absolute atomic E-state index is 0.141. The second kappa shape index (κ2) is 6.76. The lowest BCUT2D eigenvalue weighted by Crippen LogP contribution is -2.56. The van der Waals surface area contributed by atoms with Crippen LogP contribution in [-0.2, 0) is 9.63 Å². The molecule has 4 fully saturated rings. The number of carboxylic acids is 1. The molecule has 2 N–H and O–H groups in total. The maximum absolute atomic E-state index is 11.1. The topological polar surface area (TPSA) is 79.1 Å². The number of nitrogens with zero attached hydrogens (tertiary/aromatic N) is 1. The van der Waals surface area contributed by atoms with Crippen molar-refractivity contribution >= 4 is 11.7 Å². The van der Waals surface area contributed by atoms with Crippen LogP contribution in [0.3, 0.4) is 0 Å². The third kappa shape index (κ3) is 2.79. The molecule has 4 aliphatic carbocycles. The number of carboxylic acid groups (broad SMARTS) is 1. The van der Waals surface area contributed by atoms with Crippen molar-refractivity contribution in [3.05, 3.63) is 0 Å². The zero-order valence-corrected chi connectivity index (χ0v) is 17.1. The predicted molar refractivity (Wildman–Crippen MR) is 107 cm³/mol. The number of aliphatic carboxylic acids is 1. The van der Waals surface area contributed by atoms with Gasteiger partial charge >= 0.3 is 5.97 Å². The fourth-order valence-electron chi connectivity index (χ4n) is 7.57. The van der Waals surface area contributed by atoms with E-state index in [0.717, 1.165) is 50.7 Å². The third-order valence-electron chi connectivity index (χ3n) is 9.27. The third-order valence-corrected chi connectivity index (χ3v) is 9.27. The van der Waals surface area contributed by atoms with Crippen LogP contribution in [0.1, 0.15) is 71.6 Å². The molecule has 0 aromatic heterocycles. The minimum atomic E-state index is -0.987. The summed E-state index contributed by atoms with van der Waals surface area (Å²) >= 11 is 0. The number of rotatable bonds is 3. The van der Waals surface area contributed by atoms with Gasteiger partial charge < -0.3 is 15.1 Å². The van der Waals surface area contributed by atoms with Crippen LogP contribution in [0.4, 0.5) is 0 Å². The predicted octanol–water partition coefficient (Wildman–Crippen LogP) is 3.85. The highest BCUT2D eigenvalue weighted by molar-refractivity contribution is 5.85. The van der Waals surface area contributed by atoms with Crippen LogP contribution in [0.2, 0.25) is 0 Å². The van der Waals surface area contributed by atoms with Crippen LogP contribution < -0.4 is 0 Å². The van der Waals surface area contributed by atoms with Gasteiger partial charge in [-0.25, -0.2) is 4.79 Å². The summed E-state index contributed by atoms with van der Waals surface area (Å²) in [6.07, 6.45) is 15.0. The maximum Gasteiger partial charge on any atom is 0.344 e. The van der Waals surface area contributed by atoms with Gasteiger partial charge in [-0.3, -0.25) is 0 Å². The van der Waals surface area contributed by atoms with Gasteiger partial charge in [-0.15, -0.1) is 6.42 Å². The highest BCUT2D eigenvalue weighted by Gasteiger charge is 2.64. The molecule has 0 spiro atoms. The van der Waals surface area contributed by atoms with E-state index in [1.165, 1.54) is 12.8 Å². The van der Waals surface area contributed by atoms with E-state index in [1.54, 1.807) is 0 Å². The number of fused-ring (bicyclic) bond motifs is 5.